The van der Waals surface area contributed by atoms with Crippen molar-refractivity contribution in [2.45, 2.75) is 13.3 Å². The third kappa shape index (κ3) is 1.18. The van der Waals surface area contributed by atoms with Gasteiger partial charge in [0.05, 0.1) is 5.69 Å². The molecule has 1 heteroatoms. The fraction of sp³-hybridized carbons (Fsp3) is 0.182. The van der Waals surface area contributed by atoms with E-state index in [-0.39, 0.29) is 0 Å². The van der Waals surface area contributed by atoms with Crippen molar-refractivity contribution in [2.75, 3.05) is 0 Å². The molecule has 1 nitrogen and oxygen atoms in total. The first kappa shape index (κ1) is 7.29. The molecule has 0 aliphatic heterocycles. The Kier molecular flexibility index (Phi) is 1.78. The van der Waals surface area contributed by atoms with E-state index < -0.39 is 0 Å². The predicted octanol–water partition coefficient (Wildman–Crippen LogP) is 2.90. The molecule has 1 aliphatic carbocycles. The second kappa shape index (κ2) is 2.94. The Morgan fingerprint density at radius 3 is 3.25 bits per heavy atom. The Balaban J connectivity index is 2.62. The van der Waals surface area contributed by atoms with Gasteiger partial charge in [-0.05, 0) is 25.0 Å². The van der Waals surface area contributed by atoms with Gasteiger partial charge in [0.25, 0.3) is 0 Å². The lowest BCUT2D eigenvalue weighted by Crippen LogP contribution is -1.88. The standard InChI is InChI=1S/C11H11N/c1-9-5-2-3-6-10-7-4-8-12-11(9)10/h3-8H,2H2,1H3. The van der Waals surface area contributed by atoms with Crippen LogP contribution in [0.1, 0.15) is 24.6 Å². The maximum atomic E-state index is 4.34. The van der Waals surface area contributed by atoms with E-state index in [9.17, 15) is 0 Å². The summed E-state index contributed by atoms with van der Waals surface area (Å²) in [4.78, 5) is 4.34. The second-order valence-electron chi connectivity index (χ2n) is 2.97. The smallest absolute Gasteiger partial charge is 0.0727 e. The monoisotopic (exact) mass is 157 g/mol. The van der Waals surface area contributed by atoms with Gasteiger partial charge in [0, 0.05) is 11.8 Å². The third-order valence-corrected chi connectivity index (χ3v) is 2.07. The first-order chi connectivity index (χ1) is 5.88. The lowest BCUT2D eigenvalue weighted by atomic mass is 10.1. The number of fused-ring (bicyclic) bond motifs is 1. The summed E-state index contributed by atoms with van der Waals surface area (Å²) in [5.74, 6) is 0. The van der Waals surface area contributed by atoms with Crippen LogP contribution in [0.15, 0.2) is 30.5 Å². The van der Waals surface area contributed by atoms with Crippen LogP contribution in [-0.2, 0) is 0 Å². The topological polar surface area (TPSA) is 12.9 Å². The minimum atomic E-state index is 1.02. The molecule has 2 rings (SSSR count). The van der Waals surface area contributed by atoms with Crippen LogP contribution < -0.4 is 0 Å². The number of pyridine rings is 1. The van der Waals surface area contributed by atoms with Crippen LogP contribution in [0.25, 0.3) is 11.6 Å². The maximum Gasteiger partial charge on any atom is 0.0727 e. The average molecular weight is 157 g/mol. The third-order valence-electron chi connectivity index (χ3n) is 2.07. The van der Waals surface area contributed by atoms with Crippen LogP contribution in [-0.4, -0.2) is 4.98 Å². The Labute approximate surface area is 72.5 Å². The molecule has 0 bridgehead atoms. The van der Waals surface area contributed by atoms with Crippen LogP contribution in [0.5, 0.6) is 0 Å². The quantitative estimate of drug-likeness (QED) is 0.564. The van der Waals surface area contributed by atoms with Gasteiger partial charge in [-0.25, -0.2) is 0 Å². The SMILES string of the molecule is CC1=CCC=Cc2cccnc21. The van der Waals surface area contributed by atoms with E-state index in [1.807, 2.05) is 12.3 Å². The molecule has 0 amide bonds. The van der Waals surface area contributed by atoms with Crippen LogP contribution >= 0.6 is 0 Å². The van der Waals surface area contributed by atoms with Crippen molar-refractivity contribution < 1.29 is 0 Å². The number of rotatable bonds is 0. The predicted molar refractivity (Wildman–Crippen MR) is 51.5 cm³/mol. The number of nitrogens with zero attached hydrogens (tertiary/aromatic N) is 1. The molecule has 0 atom stereocenters. The number of aromatic nitrogens is 1. The fourth-order valence-corrected chi connectivity index (χ4v) is 1.42. The maximum absolute atomic E-state index is 4.34. The van der Waals surface area contributed by atoms with Gasteiger partial charge < -0.3 is 0 Å². The van der Waals surface area contributed by atoms with Crippen LogP contribution in [0, 0.1) is 0 Å². The van der Waals surface area contributed by atoms with Gasteiger partial charge in [0.15, 0.2) is 0 Å². The highest BCUT2D eigenvalue weighted by Crippen LogP contribution is 2.20. The molecule has 0 radical (unpaired) electrons. The van der Waals surface area contributed by atoms with Gasteiger partial charge in [-0.2, -0.15) is 0 Å². The summed E-state index contributed by atoms with van der Waals surface area (Å²) in [6.45, 7) is 2.11. The molecular formula is C11H11N. The normalized spacial score (nSPS) is 14.9. The van der Waals surface area contributed by atoms with Crippen molar-refractivity contribution in [1.29, 1.82) is 0 Å². The molecular weight excluding hydrogens is 146 g/mol. The Morgan fingerprint density at radius 2 is 2.33 bits per heavy atom. The summed E-state index contributed by atoms with van der Waals surface area (Å²) < 4.78 is 0. The summed E-state index contributed by atoms with van der Waals surface area (Å²) >= 11 is 0. The largest absolute Gasteiger partial charge is 0.256 e. The van der Waals surface area contributed by atoms with Crippen molar-refractivity contribution >= 4 is 11.6 Å². The molecule has 0 unspecified atom stereocenters. The summed E-state index contributed by atoms with van der Waals surface area (Å²) in [5, 5.41) is 0. The molecule has 1 aromatic heterocycles. The second-order valence-corrected chi connectivity index (χ2v) is 2.97. The summed E-state index contributed by atoms with van der Waals surface area (Å²) in [5.41, 5.74) is 3.62. The average Bonchev–Trinajstić information content (AvgIpc) is 2.29. The molecule has 0 fully saturated rings. The summed E-state index contributed by atoms with van der Waals surface area (Å²) in [6.07, 6.45) is 9.36. The van der Waals surface area contributed by atoms with E-state index in [1.165, 1.54) is 11.1 Å². The zero-order valence-electron chi connectivity index (χ0n) is 7.12. The van der Waals surface area contributed by atoms with E-state index in [0.29, 0.717) is 0 Å². The number of allylic oxidation sites excluding steroid dienone is 3. The summed E-state index contributed by atoms with van der Waals surface area (Å²) in [6, 6.07) is 4.07. The minimum absolute atomic E-state index is 1.02. The van der Waals surface area contributed by atoms with Gasteiger partial charge >= 0.3 is 0 Å². The van der Waals surface area contributed by atoms with Crippen LogP contribution in [0.4, 0.5) is 0 Å². The zero-order valence-corrected chi connectivity index (χ0v) is 7.12. The molecule has 1 heterocycles. The molecule has 0 saturated carbocycles. The number of hydrogen-bond donors (Lipinski definition) is 0. The lowest BCUT2D eigenvalue weighted by Gasteiger charge is -2.01. The van der Waals surface area contributed by atoms with Crippen LogP contribution in [0.3, 0.4) is 0 Å². The Bertz CT molecular complexity index is 348. The van der Waals surface area contributed by atoms with E-state index in [2.05, 4.69) is 36.2 Å². The van der Waals surface area contributed by atoms with E-state index >= 15 is 0 Å². The summed E-state index contributed by atoms with van der Waals surface area (Å²) in [7, 11) is 0. The van der Waals surface area contributed by atoms with Crippen molar-refractivity contribution in [3.8, 4) is 0 Å². The van der Waals surface area contributed by atoms with Gasteiger partial charge in [-0.3, -0.25) is 4.98 Å². The molecule has 60 valence electrons. The molecule has 0 aromatic carbocycles. The van der Waals surface area contributed by atoms with Gasteiger partial charge in [-0.15, -0.1) is 0 Å². The Morgan fingerprint density at radius 1 is 1.42 bits per heavy atom. The molecule has 0 spiro atoms. The lowest BCUT2D eigenvalue weighted by molar-refractivity contribution is 1.25. The fourth-order valence-electron chi connectivity index (χ4n) is 1.42. The highest BCUT2D eigenvalue weighted by molar-refractivity contribution is 5.72. The van der Waals surface area contributed by atoms with Crippen LogP contribution in [0.2, 0.25) is 0 Å². The van der Waals surface area contributed by atoms with Crippen molar-refractivity contribution in [1.82, 2.24) is 4.98 Å². The highest BCUT2D eigenvalue weighted by atomic mass is 14.7. The first-order valence-corrected chi connectivity index (χ1v) is 4.16. The molecule has 0 saturated heterocycles. The molecule has 1 aromatic rings. The van der Waals surface area contributed by atoms with E-state index in [4.69, 9.17) is 0 Å². The van der Waals surface area contributed by atoms with Gasteiger partial charge in [0.1, 0.15) is 0 Å². The van der Waals surface area contributed by atoms with Gasteiger partial charge in [-0.1, -0.05) is 24.3 Å². The zero-order chi connectivity index (χ0) is 8.39. The Hall–Kier alpha value is -1.37. The van der Waals surface area contributed by atoms with Crippen molar-refractivity contribution in [2.24, 2.45) is 0 Å². The first-order valence-electron chi connectivity index (χ1n) is 4.16. The van der Waals surface area contributed by atoms with Crippen molar-refractivity contribution in [3.63, 3.8) is 0 Å². The molecule has 12 heavy (non-hydrogen) atoms. The highest BCUT2D eigenvalue weighted by Gasteiger charge is 2.03. The molecule has 1 aliphatic rings. The van der Waals surface area contributed by atoms with Gasteiger partial charge in [0.2, 0.25) is 0 Å². The minimum Gasteiger partial charge on any atom is -0.256 e. The number of hydrogen-bond acceptors (Lipinski definition) is 1. The van der Waals surface area contributed by atoms with Crippen molar-refractivity contribution in [3.05, 3.63) is 41.7 Å². The van der Waals surface area contributed by atoms with E-state index in [1.54, 1.807) is 0 Å². The van der Waals surface area contributed by atoms with E-state index in [0.717, 1.165) is 12.1 Å². The molecule has 0 N–H and O–H groups in total.